The van der Waals surface area contributed by atoms with Crippen LogP contribution in [0.1, 0.15) is 75.6 Å². The summed E-state index contributed by atoms with van der Waals surface area (Å²) in [6.07, 6.45) is 9.49. The van der Waals surface area contributed by atoms with Crippen LogP contribution in [0.3, 0.4) is 0 Å². The third-order valence-electron chi connectivity index (χ3n) is 5.25. The van der Waals surface area contributed by atoms with Crippen LogP contribution in [0.4, 0.5) is 0 Å². The first kappa shape index (κ1) is 20.6. The largest absolute Gasteiger partial charge is 0.376 e. The van der Waals surface area contributed by atoms with Gasteiger partial charge in [-0.25, -0.2) is 0 Å². The maximum Gasteiger partial charge on any atom is 0.364 e. The molecule has 1 aromatic rings. The Morgan fingerprint density at radius 3 is 1.73 bits per heavy atom. The average molecular weight is 421 g/mol. The van der Waals surface area contributed by atoms with Gasteiger partial charge >= 0.3 is 7.60 Å². The first-order valence-electron chi connectivity index (χ1n) is 9.58. The Labute approximate surface area is 165 Å². The molecule has 0 aromatic heterocycles. The van der Waals surface area contributed by atoms with Gasteiger partial charge in [-0.05, 0) is 37.8 Å². The highest BCUT2D eigenvalue weighted by Gasteiger charge is 2.42. The molecule has 3 rings (SSSR count). The summed E-state index contributed by atoms with van der Waals surface area (Å²) in [5.74, 6) is -1.48. The third-order valence-corrected chi connectivity index (χ3v) is 7.95. The molecule has 0 radical (unpaired) electrons. The fourth-order valence-corrected chi connectivity index (χ4v) is 6.70. The third kappa shape index (κ3) is 5.04. The van der Waals surface area contributed by atoms with Gasteiger partial charge in [0.25, 0.3) is 0 Å². The van der Waals surface area contributed by atoms with Gasteiger partial charge in [0.1, 0.15) is 0 Å². The average Bonchev–Trinajstić information content (AvgIpc) is 2.63. The van der Waals surface area contributed by atoms with Crippen LogP contribution in [0.15, 0.2) is 18.2 Å². The summed E-state index contributed by atoms with van der Waals surface area (Å²) in [5, 5.41) is 11.5. The minimum absolute atomic E-state index is 0.158. The van der Waals surface area contributed by atoms with E-state index in [-0.39, 0.29) is 27.8 Å². The molecular formula is C19H27Cl2O4P. The topological polar surface area (TPSA) is 55.8 Å². The minimum atomic E-state index is -3.84. The standard InChI is InChI=1S/C19H27Cl2O4P/c20-16-12-7-13-17(21)18(16)19(22)26(23,24-14-8-3-1-4-9-14)25-15-10-5-2-6-11-15/h7,12-15,19,22H,1-6,8-11H2/t19-/m1/s1. The summed E-state index contributed by atoms with van der Waals surface area (Å²) < 4.78 is 25.7. The molecule has 0 aliphatic heterocycles. The van der Waals surface area contributed by atoms with E-state index >= 15 is 0 Å². The second-order valence-electron chi connectivity index (χ2n) is 7.28. The lowest BCUT2D eigenvalue weighted by atomic mass is 9.98. The first-order valence-corrected chi connectivity index (χ1v) is 11.9. The van der Waals surface area contributed by atoms with Crippen LogP contribution in [0.5, 0.6) is 0 Å². The zero-order chi connectivity index (χ0) is 18.6. The Hall–Kier alpha value is -0.0900. The lowest BCUT2D eigenvalue weighted by Gasteiger charge is -2.33. The lowest BCUT2D eigenvalue weighted by Crippen LogP contribution is -2.23. The molecule has 2 fully saturated rings. The van der Waals surface area contributed by atoms with Gasteiger partial charge < -0.3 is 14.2 Å². The second-order valence-corrected chi connectivity index (χ2v) is 10.1. The number of hydrogen-bond donors (Lipinski definition) is 1. The highest BCUT2D eigenvalue weighted by molar-refractivity contribution is 7.54. The molecule has 26 heavy (non-hydrogen) atoms. The van der Waals surface area contributed by atoms with Crippen LogP contribution in [0.25, 0.3) is 0 Å². The number of aliphatic hydroxyl groups excluding tert-OH is 1. The van der Waals surface area contributed by atoms with Crippen molar-refractivity contribution >= 4 is 30.8 Å². The van der Waals surface area contributed by atoms with Crippen molar-refractivity contribution in [3.63, 3.8) is 0 Å². The van der Waals surface area contributed by atoms with Crippen molar-refractivity contribution in [2.24, 2.45) is 0 Å². The van der Waals surface area contributed by atoms with E-state index in [0.717, 1.165) is 64.2 Å². The zero-order valence-corrected chi connectivity index (χ0v) is 17.3. The van der Waals surface area contributed by atoms with Gasteiger partial charge in [-0.1, -0.05) is 67.8 Å². The van der Waals surface area contributed by atoms with Gasteiger partial charge in [0, 0.05) is 15.6 Å². The van der Waals surface area contributed by atoms with E-state index in [9.17, 15) is 9.67 Å². The van der Waals surface area contributed by atoms with Gasteiger partial charge in [0.2, 0.25) is 0 Å². The van der Waals surface area contributed by atoms with Crippen molar-refractivity contribution in [1.29, 1.82) is 0 Å². The molecule has 2 aliphatic rings. The molecule has 2 saturated carbocycles. The molecule has 1 aromatic carbocycles. The van der Waals surface area contributed by atoms with E-state index in [1.165, 1.54) is 0 Å². The van der Waals surface area contributed by atoms with Crippen molar-refractivity contribution in [2.45, 2.75) is 82.3 Å². The smallest absolute Gasteiger partial charge is 0.364 e. The van der Waals surface area contributed by atoms with Crippen molar-refractivity contribution in [3.8, 4) is 0 Å². The van der Waals surface area contributed by atoms with Crippen LogP contribution in [0, 0.1) is 0 Å². The lowest BCUT2D eigenvalue weighted by molar-refractivity contribution is 0.0545. The van der Waals surface area contributed by atoms with E-state index in [4.69, 9.17) is 32.2 Å². The fraction of sp³-hybridized carbons (Fsp3) is 0.684. The summed E-state index contributed by atoms with van der Waals surface area (Å²) in [4.78, 5) is 0. The normalized spacial score (nSPS) is 21.7. The van der Waals surface area contributed by atoms with E-state index < -0.39 is 13.4 Å². The number of aliphatic hydroxyl groups is 1. The summed E-state index contributed by atoms with van der Waals surface area (Å²) in [5.41, 5.74) is 0.228. The molecule has 1 atom stereocenters. The van der Waals surface area contributed by atoms with Crippen LogP contribution in [0.2, 0.25) is 10.0 Å². The van der Waals surface area contributed by atoms with Gasteiger partial charge in [-0.15, -0.1) is 0 Å². The molecule has 0 saturated heterocycles. The molecule has 0 amide bonds. The van der Waals surface area contributed by atoms with Gasteiger partial charge in [-0.2, -0.15) is 0 Å². The molecule has 2 aliphatic carbocycles. The number of hydrogen-bond acceptors (Lipinski definition) is 4. The molecule has 4 nitrogen and oxygen atoms in total. The maximum absolute atomic E-state index is 13.7. The van der Waals surface area contributed by atoms with Crippen LogP contribution < -0.4 is 0 Å². The first-order chi connectivity index (χ1) is 12.5. The number of halogens is 2. The van der Waals surface area contributed by atoms with Crippen LogP contribution >= 0.6 is 30.8 Å². The quantitative estimate of drug-likeness (QED) is 0.509. The SMILES string of the molecule is O=P(OC1CCCCC1)(OC1CCCCC1)[C@@H](O)c1c(Cl)cccc1Cl. The highest BCUT2D eigenvalue weighted by Crippen LogP contribution is 2.64. The number of rotatable bonds is 6. The Morgan fingerprint density at radius 2 is 1.31 bits per heavy atom. The zero-order valence-electron chi connectivity index (χ0n) is 14.9. The van der Waals surface area contributed by atoms with Crippen molar-refractivity contribution in [2.75, 3.05) is 0 Å². The van der Waals surface area contributed by atoms with Crippen molar-refractivity contribution in [3.05, 3.63) is 33.8 Å². The Morgan fingerprint density at radius 1 is 0.885 bits per heavy atom. The fourth-order valence-electron chi connectivity index (χ4n) is 3.81. The van der Waals surface area contributed by atoms with E-state index in [2.05, 4.69) is 0 Å². The van der Waals surface area contributed by atoms with Crippen LogP contribution in [-0.4, -0.2) is 17.3 Å². The van der Waals surface area contributed by atoms with E-state index in [1.54, 1.807) is 18.2 Å². The Balaban J connectivity index is 1.86. The molecule has 1 N–H and O–H groups in total. The number of benzene rings is 1. The van der Waals surface area contributed by atoms with Gasteiger partial charge in [-0.3, -0.25) is 4.57 Å². The Kier molecular flexibility index (Phi) is 7.47. The Bertz CT molecular complexity index is 598. The molecule has 7 heteroatoms. The second kappa shape index (κ2) is 9.41. The molecule has 0 bridgehead atoms. The van der Waals surface area contributed by atoms with E-state index in [1.807, 2.05) is 0 Å². The van der Waals surface area contributed by atoms with E-state index in [0.29, 0.717) is 0 Å². The van der Waals surface area contributed by atoms with Crippen molar-refractivity contribution in [1.82, 2.24) is 0 Å². The predicted octanol–water partition coefficient (Wildman–Crippen LogP) is 6.88. The monoisotopic (exact) mass is 420 g/mol. The van der Waals surface area contributed by atoms with Crippen molar-refractivity contribution < 1.29 is 18.7 Å². The van der Waals surface area contributed by atoms with Gasteiger partial charge in [0.15, 0.2) is 5.85 Å². The molecule has 0 heterocycles. The molecule has 0 unspecified atom stereocenters. The van der Waals surface area contributed by atoms with Crippen LogP contribution in [-0.2, 0) is 13.6 Å². The van der Waals surface area contributed by atoms with Gasteiger partial charge in [0.05, 0.1) is 12.2 Å². The molecule has 0 spiro atoms. The summed E-state index contributed by atoms with van der Waals surface area (Å²) >= 11 is 12.5. The summed E-state index contributed by atoms with van der Waals surface area (Å²) in [6.45, 7) is 0. The molecule has 146 valence electrons. The predicted molar refractivity (Wildman–Crippen MR) is 105 cm³/mol. The summed E-state index contributed by atoms with van der Waals surface area (Å²) in [6, 6.07) is 4.94. The highest BCUT2D eigenvalue weighted by atomic mass is 35.5. The molecular weight excluding hydrogens is 394 g/mol. The maximum atomic E-state index is 13.7. The summed E-state index contributed by atoms with van der Waals surface area (Å²) in [7, 11) is -3.84. The minimum Gasteiger partial charge on any atom is -0.376 e.